The number of aromatic nitrogens is 2. The van der Waals surface area contributed by atoms with E-state index in [0.717, 1.165) is 123 Å². The lowest BCUT2D eigenvalue weighted by molar-refractivity contribution is -0.138. The van der Waals surface area contributed by atoms with Crippen molar-refractivity contribution in [2.24, 2.45) is 0 Å². The summed E-state index contributed by atoms with van der Waals surface area (Å²) in [4.78, 5) is 0. The van der Waals surface area contributed by atoms with E-state index in [9.17, 15) is 31.6 Å². The van der Waals surface area contributed by atoms with E-state index in [1.165, 1.54) is 42.5 Å². The number of hydrogen-bond donors (Lipinski definition) is 0. The molecule has 0 saturated heterocycles. The first kappa shape index (κ1) is 63.2. The van der Waals surface area contributed by atoms with Crippen molar-refractivity contribution in [3.8, 4) is 62.0 Å². The van der Waals surface area contributed by atoms with Crippen molar-refractivity contribution in [2.75, 3.05) is 0 Å². The van der Waals surface area contributed by atoms with Crippen LogP contribution in [0.15, 0.2) is 218 Å². The fraction of sp³-hybridized carbons (Fsp3) is 0.151. The molecule has 0 N–H and O–H groups in total. The van der Waals surface area contributed by atoms with Gasteiger partial charge < -0.3 is 9.13 Å². The summed E-state index contributed by atoms with van der Waals surface area (Å²) >= 11 is 0. The second-order valence-corrected chi connectivity index (χ2v) is 26.1. The highest BCUT2D eigenvalue weighted by atomic mass is 19.4. The normalized spacial score (nSPS) is 13.1. The highest BCUT2D eigenvalue weighted by Crippen LogP contribution is 2.59. The Morgan fingerprint density at radius 1 is 0.276 bits per heavy atom. The van der Waals surface area contributed by atoms with Gasteiger partial charge in [-0.25, -0.2) is 0 Å². The van der Waals surface area contributed by atoms with Gasteiger partial charge in [-0.1, -0.05) is 194 Å². The van der Waals surface area contributed by atoms with Gasteiger partial charge in [0.2, 0.25) is 0 Å². The molecule has 0 radical (unpaired) electrons. The maximum Gasteiger partial charge on any atom is 0.418 e. The number of benzene rings is 12. The topological polar surface area (TPSA) is 33.6 Å². The van der Waals surface area contributed by atoms with Crippen LogP contribution < -0.4 is 0 Å². The summed E-state index contributed by atoms with van der Waals surface area (Å²) in [6.07, 6.45) is -14.3. The maximum atomic E-state index is 16.3. The van der Waals surface area contributed by atoms with Crippen LogP contribution in [0.2, 0.25) is 0 Å². The van der Waals surface area contributed by atoms with Crippen LogP contribution >= 0.6 is 0 Å². The first-order valence-electron chi connectivity index (χ1n) is 32.4. The van der Waals surface area contributed by atoms with E-state index in [0.29, 0.717) is 44.5 Å². The quantitative estimate of drug-likeness (QED) is 0.153. The molecule has 16 rings (SSSR count). The molecule has 3 nitrogen and oxygen atoms in total. The molecule has 98 heavy (non-hydrogen) atoms. The van der Waals surface area contributed by atoms with E-state index in [4.69, 9.17) is 0 Å². The SMILES string of the molecule is Cc1cccc2c1C(c1c(-c3ccccc3C(F)(F)F)ccc(-n3c4c(C)cccc4c4cccc(C)c43)c1C#N)c1c(C)cccc1-2.Cc1cccc2c1C(c1c(-c3ccccc3C(F)(F)F)ccc(-n3c4c(C)cccc4c4cccc(C)c43)c1C(F)(F)F)c1c(C)cccc1-2. The molecule has 0 saturated carbocycles. The molecule has 14 aromatic rings. The lowest BCUT2D eigenvalue weighted by Crippen LogP contribution is -2.19. The highest BCUT2D eigenvalue weighted by molar-refractivity contribution is 6.13. The molecule has 484 valence electrons. The van der Waals surface area contributed by atoms with Gasteiger partial charge >= 0.3 is 18.5 Å². The van der Waals surface area contributed by atoms with Crippen molar-refractivity contribution in [1.82, 2.24) is 9.13 Å². The van der Waals surface area contributed by atoms with E-state index in [1.54, 1.807) is 16.7 Å². The number of para-hydroxylation sites is 4. The van der Waals surface area contributed by atoms with Gasteiger partial charge in [-0.2, -0.15) is 44.8 Å². The number of nitrogens with zero attached hydrogens (tertiary/aromatic N) is 3. The minimum absolute atomic E-state index is 0.0646. The van der Waals surface area contributed by atoms with E-state index in [-0.39, 0.29) is 27.9 Å². The average Bonchev–Trinajstić information content (AvgIpc) is 1.88. The second-order valence-electron chi connectivity index (χ2n) is 26.1. The Morgan fingerprint density at radius 2 is 0.551 bits per heavy atom. The molecule has 2 aromatic heterocycles. The van der Waals surface area contributed by atoms with Crippen molar-refractivity contribution >= 4 is 43.6 Å². The van der Waals surface area contributed by atoms with Crippen molar-refractivity contribution < 1.29 is 39.5 Å². The summed E-state index contributed by atoms with van der Waals surface area (Å²) in [5.74, 6) is -1.45. The van der Waals surface area contributed by atoms with Crippen molar-refractivity contribution in [3.05, 3.63) is 319 Å². The van der Waals surface area contributed by atoms with Crippen LogP contribution in [-0.4, -0.2) is 9.13 Å². The van der Waals surface area contributed by atoms with Gasteiger partial charge in [-0.15, -0.1) is 0 Å². The molecule has 2 aliphatic rings. The third-order valence-corrected chi connectivity index (χ3v) is 20.4. The number of nitriles is 1. The summed E-state index contributed by atoms with van der Waals surface area (Å²) in [5, 5.41) is 15.0. The zero-order chi connectivity index (χ0) is 68.8. The number of aryl methyl sites for hydroxylation is 8. The predicted octanol–water partition coefficient (Wildman–Crippen LogP) is 24.6. The molecule has 12 aromatic carbocycles. The number of fused-ring (bicyclic) bond motifs is 12. The maximum absolute atomic E-state index is 16.3. The molecule has 2 aliphatic carbocycles. The summed E-state index contributed by atoms with van der Waals surface area (Å²) < 4.78 is 141. The Bertz CT molecular complexity index is 5510. The average molecular weight is 1310 g/mol. The molecule has 0 bridgehead atoms. The summed E-state index contributed by atoms with van der Waals surface area (Å²) in [6.45, 7) is 15.7. The smallest absolute Gasteiger partial charge is 0.308 e. The van der Waals surface area contributed by atoms with Gasteiger partial charge in [-0.3, -0.25) is 0 Å². The zero-order valence-electron chi connectivity index (χ0n) is 54.7. The Morgan fingerprint density at radius 3 is 0.888 bits per heavy atom. The number of alkyl halides is 9. The molecule has 0 spiro atoms. The van der Waals surface area contributed by atoms with Crippen LogP contribution in [0.1, 0.15) is 112 Å². The van der Waals surface area contributed by atoms with Crippen LogP contribution in [0.25, 0.3) is 99.5 Å². The minimum atomic E-state index is -4.96. The Labute approximate surface area is 560 Å². The van der Waals surface area contributed by atoms with Crippen LogP contribution in [0.5, 0.6) is 0 Å². The molecule has 2 heterocycles. The number of halogens is 9. The van der Waals surface area contributed by atoms with Gasteiger partial charge in [0.25, 0.3) is 0 Å². The minimum Gasteiger partial charge on any atom is -0.308 e. The number of hydrogen-bond acceptors (Lipinski definition) is 1. The molecule has 12 heteroatoms. The van der Waals surface area contributed by atoms with E-state index in [2.05, 4.69) is 60.9 Å². The van der Waals surface area contributed by atoms with Crippen LogP contribution in [0.4, 0.5) is 39.5 Å². The van der Waals surface area contributed by atoms with E-state index < -0.39 is 47.1 Å². The van der Waals surface area contributed by atoms with Crippen molar-refractivity contribution in [2.45, 2.75) is 85.8 Å². The van der Waals surface area contributed by atoms with Crippen LogP contribution in [-0.2, 0) is 18.5 Å². The summed E-state index contributed by atoms with van der Waals surface area (Å²) in [6, 6.07) is 66.9. The molecule has 0 aliphatic heterocycles. The van der Waals surface area contributed by atoms with Crippen LogP contribution in [0.3, 0.4) is 0 Å². The van der Waals surface area contributed by atoms with Gasteiger partial charge in [-0.05, 0) is 202 Å². The van der Waals surface area contributed by atoms with Crippen molar-refractivity contribution in [3.63, 3.8) is 0 Å². The van der Waals surface area contributed by atoms with E-state index >= 15 is 13.2 Å². The standard InChI is InChI=1S/C43H31F6N.C43H31F3N2/c1-23-11-7-16-28-29-17-8-12-24(2)36(29)38(35(23)28)37-30(27-15-5-6-20-33(27)42(44,45)46)21-22-34(39(37)43(47,48)49)50-40-25(3)13-9-18-31(40)32-19-10-14-26(4)41(32)50;1-24-11-7-16-29-30-17-8-12-25(2)38(30)40(37(24)29)39-31(28-15-5-6-20-35(28)43(44,45)46)21-22-36(34(39)23-47)48-41-26(3)13-9-18-32(41)33-19-10-14-27(4)42(33)48/h5-22,38H,1-4H3;5-22,40H,1-4H3. The zero-order valence-corrected chi connectivity index (χ0v) is 54.7. The van der Waals surface area contributed by atoms with Gasteiger partial charge in [0.1, 0.15) is 6.07 Å². The first-order valence-corrected chi connectivity index (χ1v) is 32.4. The van der Waals surface area contributed by atoms with Gasteiger partial charge in [0, 0.05) is 33.4 Å². The third-order valence-electron chi connectivity index (χ3n) is 20.4. The van der Waals surface area contributed by atoms with Crippen molar-refractivity contribution in [1.29, 1.82) is 5.26 Å². The fourth-order valence-corrected chi connectivity index (χ4v) is 16.5. The second kappa shape index (κ2) is 23.2. The highest BCUT2D eigenvalue weighted by Gasteiger charge is 2.46. The summed E-state index contributed by atoms with van der Waals surface area (Å²) in [5.41, 5.74) is 16.2. The van der Waals surface area contributed by atoms with Crippen LogP contribution in [0, 0.1) is 66.7 Å². The lowest BCUT2D eigenvalue weighted by atomic mass is 9.78. The third kappa shape index (κ3) is 9.70. The Kier molecular flexibility index (Phi) is 14.9. The Balaban J connectivity index is 0.000000160. The molecule has 0 atom stereocenters. The first-order chi connectivity index (χ1) is 46.9. The Hall–Kier alpha value is -10.9. The van der Waals surface area contributed by atoms with E-state index in [1.807, 2.05) is 157 Å². The fourth-order valence-electron chi connectivity index (χ4n) is 16.5. The number of rotatable bonds is 6. The molecular weight excluding hydrogens is 1250 g/mol. The predicted molar refractivity (Wildman–Crippen MR) is 376 cm³/mol. The molecular formula is C86H62F9N3. The molecule has 0 fully saturated rings. The molecule has 0 amide bonds. The summed E-state index contributed by atoms with van der Waals surface area (Å²) in [7, 11) is 0. The monoisotopic (exact) mass is 1310 g/mol. The lowest BCUT2D eigenvalue weighted by Gasteiger charge is -2.29. The van der Waals surface area contributed by atoms with Gasteiger partial charge in [0.15, 0.2) is 0 Å². The van der Waals surface area contributed by atoms with Gasteiger partial charge in [0.05, 0.1) is 55.7 Å². The molecule has 0 unspecified atom stereocenters. The largest absolute Gasteiger partial charge is 0.418 e.